The molecule has 0 aliphatic rings. The van der Waals surface area contributed by atoms with Crippen molar-refractivity contribution in [2.24, 2.45) is 0 Å². The minimum Gasteiger partial charge on any atom is -0.345 e. The van der Waals surface area contributed by atoms with Gasteiger partial charge in [-0.15, -0.1) is 0 Å². The number of hydrogen-bond donors (Lipinski definition) is 0. The number of aromatic nitrogens is 3. The van der Waals surface area contributed by atoms with Crippen LogP contribution in [0.25, 0.3) is 215 Å². The van der Waals surface area contributed by atoms with E-state index in [0.717, 1.165) is 39.8 Å². The van der Waals surface area contributed by atoms with E-state index < -0.39 is 0 Å². The molecule has 0 amide bonds. The SMILES string of the molecule is CN(c1ccccc1)c1ccc(-n2c3ccc(-c4ccc5ccccc5c4)cc3c3cc(-c4ccc5ccccc5c4)ccc32)cc1.CN(c1ccccc1)c1ccc(-n2c3ccc(-c4cccc5ccccc45)cc3c3cc(-c4cccc5ccccc45)ccc32)cc1.CN(c1ccccc1)c1ccc(-n2c3ccc(-c4ccccc4-c4ccccc4)cc3c3cc(-c4ccccc4-c4ccccc4)ccc32)cc1. The molecular weight excluding hydrogens is 1750 g/mol. The van der Waals surface area contributed by atoms with Crippen LogP contribution in [-0.4, -0.2) is 34.8 Å². The van der Waals surface area contributed by atoms with Crippen LogP contribution >= 0.6 is 0 Å². The number of fused-ring (bicyclic) bond motifs is 13. The third-order valence-electron chi connectivity index (χ3n) is 29.2. The van der Waals surface area contributed by atoms with Crippen LogP contribution in [0.1, 0.15) is 0 Å². The van der Waals surface area contributed by atoms with E-state index in [-0.39, 0.29) is 0 Å². The molecule has 0 N–H and O–H groups in total. The molecule has 27 aromatic rings. The van der Waals surface area contributed by atoms with Gasteiger partial charge in [-0.2, -0.15) is 0 Å². The van der Waals surface area contributed by atoms with Crippen LogP contribution in [0.15, 0.2) is 552 Å². The van der Waals surface area contributed by atoms with Crippen LogP contribution in [0.2, 0.25) is 0 Å². The van der Waals surface area contributed by atoms with Gasteiger partial charge in [0, 0.05) is 105 Å². The first-order chi connectivity index (χ1) is 71.6. The highest BCUT2D eigenvalue weighted by molar-refractivity contribution is 6.16. The number of benzene rings is 24. The second-order valence-electron chi connectivity index (χ2n) is 37.6. The molecule has 145 heavy (non-hydrogen) atoms. The number of nitrogens with zero attached hydrogens (tertiary/aromatic N) is 6. The van der Waals surface area contributed by atoms with Crippen LogP contribution in [-0.2, 0) is 0 Å². The zero-order valence-corrected chi connectivity index (χ0v) is 80.7. The summed E-state index contributed by atoms with van der Waals surface area (Å²) in [5.41, 5.74) is 37.1. The maximum Gasteiger partial charge on any atom is 0.0541 e. The Hall–Kier alpha value is -18.9. The highest BCUT2D eigenvalue weighted by atomic mass is 15.1. The summed E-state index contributed by atoms with van der Waals surface area (Å²) in [6.45, 7) is 0. The summed E-state index contributed by atoms with van der Waals surface area (Å²) in [5, 5.41) is 17.5. The molecular formula is C139H100N6. The van der Waals surface area contributed by atoms with Gasteiger partial charge in [0.15, 0.2) is 0 Å². The Labute approximate surface area is 844 Å². The number of rotatable bonds is 17. The summed E-state index contributed by atoms with van der Waals surface area (Å²) in [7, 11) is 6.36. The first-order valence-corrected chi connectivity index (χ1v) is 49.8. The van der Waals surface area contributed by atoms with E-state index in [1.54, 1.807) is 0 Å². The Morgan fingerprint density at radius 3 is 0.641 bits per heavy atom. The maximum atomic E-state index is 2.41. The van der Waals surface area contributed by atoms with Gasteiger partial charge >= 0.3 is 0 Å². The lowest BCUT2D eigenvalue weighted by Crippen LogP contribution is -2.09. The van der Waals surface area contributed by atoms with Gasteiger partial charge in [-0.3, -0.25) is 0 Å². The van der Waals surface area contributed by atoms with Gasteiger partial charge in [0.05, 0.1) is 33.1 Å². The predicted octanol–water partition coefficient (Wildman–Crippen LogP) is 37.6. The van der Waals surface area contributed by atoms with E-state index in [2.05, 4.69) is 602 Å². The smallest absolute Gasteiger partial charge is 0.0541 e. The van der Waals surface area contributed by atoms with E-state index in [0.29, 0.717) is 0 Å². The molecule has 24 aromatic carbocycles. The molecule has 0 saturated carbocycles. The first-order valence-electron chi connectivity index (χ1n) is 49.8. The average molecular weight is 1850 g/mol. The lowest BCUT2D eigenvalue weighted by molar-refractivity contribution is 1.16. The number of para-hydroxylation sites is 3. The zero-order valence-electron chi connectivity index (χ0n) is 80.7. The summed E-state index contributed by atoms with van der Waals surface area (Å²) < 4.78 is 7.23. The standard InChI is InChI=1S/C49H36N2.2C45H32N2/c1-50(39-19-9-4-10-20-39)40-27-29-41(30-28-40)51-48-31-25-37(44-23-13-11-21-42(44)35-15-5-2-6-16-35)33-46(48)47-34-38(26-32-49(47)51)45-24-14-12-22-43(45)36-17-7-3-8-18-36;1-46(35-15-3-2-4-16-35)36-23-25-37(26-24-36)47-44-27-21-33(40-19-9-13-31-11-5-7-17-38(31)40)29-42(44)43-30-34(22-28-45(43)47)41-20-10-14-32-12-6-8-18-39(32)41;1-46(39-13-3-2-4-14-39)40-21-23-41(24-22-40)47-44-25-19-37(35-17-15-31-9-5-7-11-33(31)27-35)29-42(44)43-30-38(20-26-45(43)47)36-18-16-32-10-6-8-12-34(32)28-36/h2-34H,1H3;2*2-30H,1H3. The summed E-state index contributed by atoms with van der Waals surface area (Å²) in [4.78, 5) is 6.67. The fourth-order valence-electron chi connectivity index (χ4n) is 21.7. The van der Waals surface area contributed by atoms with Crippen LogP contribution in [0, 0.1) is 0 Å². The van der Waals surface area contributed by atoms with Crippen LogP contribution < -0.4 is 14.7 Å². The second-order valence-corrected chi connectivity index (χ2v) is 37.6. The second kappa shape index (κ2) is 38.0. The molecule has 0 atom stereocenters. The highest BCUT2D eigenvalue weighted by Crippen LogP contribution is 2.47. The van der Waals surface area contributed by atoms with Crippen molar-refractivity contribution in [3.8, 4) is 106 Å². The zero-order chi connectivity index (χ0) is 96.8. The highest BCUT2D eigenvalue weighted by Gasteiger charge is 2.23. The molecule has 3 aromatic heterocycles. The van der Waals surface area contributed by atoms with Crippen molar-refractivity contribution in [3.63, 3.8) is 0 Å². The molecule has 0 aliphatic heterocycles. The number of hydrogen-bond acceptors (Lipinski definition) is 3. The lowest BCUT2D eigenvalue weighted by Gasteiger charge is -2.20. The normalized spacial score (nSPS) is 11.4. The monoisotopic (exact) mass is 1850 g/mol. The minimum absolute atomic E-state index is 1.13. The van der Waals surface area contributed by atoms with Gasteiger partial charge in [-0.05, 0) is 326 Å². The van der Waals surface area contributed by atoms with Crippen molar-refractivity contribution < 1.29 is 0 Å². The third-order valence-corrected chi connectivity index (χ3v) is 29.2. The Kier molecular flexibility index (Phi) is 23.0. The molecule has 686 valence electrons. The Bertz CT molecular complexity index is 9100. The van der Waals surface area contributed by atoms with Crippen LogP contribution in [0.4, 0.5) is 34.1 Å². The lowest BCUT2D eigenvalue weighted by atomic mass is 9.92. The molecule has 27 rings (SSSR count). The van der Waals surface area contributed by atoms with Gasteiger partial charge in [0.2, 0.25) is 0 Å². The Balaban J connectivity index is 0.000000114. The molecule has 6 nitrogen and oxygen atoms in total. The van der Waals surface area contributed by atoms with E-state index >= 15 is 0 Å². The summed E-state index contributed by atoms with van der Waals surface area (Å²) in [5.74, 6) is 0. The Morgan fingerprint density at radius 2 is 0.331 bits per heavy atom. The van der Waals surface area contributed by atoms with Crippen molar-refractivity contribution in [1.82, 2.24) is 13.7 Å². The topological polar surface area (TPSA) is 24.5 Å². The van der Waals surface area contributed by atoms with Crippen molar-refractivity contribution in [3.05, 3.63) is 552 Å². The molecule has 0 unspecified atom stereocenters. The summed E-state index contributed by atoms with van der Waals surface area (Å²) in [6.07, 6.45) is 0. The van der Waals surface area contributed by atoms with Crippen molar-refractivity contribution in [1.29, 1.82) is 0 Å². The van der Waals surface area contributed by atoms with E-state index in [4.69, 9.17) is 0 Å². The van der Waals surface area contributed by atoms with Crippen LogP contribution in [0.3, 0.4) is 0 Å². The Morgan fingerprint density at radius 1 is 0.124 bits per heavy atom. The molecule has 3 heterocycles. The van der Waals surface area contributed by atoms with Gasteiger partial charge in [0.25, 0.3) is 0 Å². The fraction of sp³-hybridized carbons (Fsp3) is 0.0216. The quantitative estimate of drug-likeness (QED) is 0.0908. The van der Waals surface area contributed by atoms with Crippen molar-refractivity contribution in [2.75, 3.05) is 35.8 Å². The molecule has 0 radical (unpaired) electrons. The molecule has 6 heteroatoms. The maximum absolute atomic E-state index is 2.41. The summed E-state index contributed by atoms with van der Waals surface area (Å²) >= 11 is 0. The molecule has 0 fully saturated rings. The largest absolute Gasteiger partial charge is 0.345 e. The van der Waals surface area contributed by atoms with E-state index in [9.17, 15) is 0 Å². The average Bonchev–Trinajstić information content (AvgIpc) is 1.58. The number of anilines is 6. The molecule has 0 aliphatic carbocycles. The van der Waals surface area contributed by atoms with Gasteiger partial charge in [-0.1, -0.05) is 358 Å². The van der Waals surface area contributed by atoms with Crippen LogP contribution in [0.5, 0.6) is 0 Å². The molecule has 0 spiro atoms. The van der Waals surface area contributed by atoms with Gasteiger partial charge in [0.1, 0.15) is 0 Å². The van der Waals surface area contributed by atoms with Crippen molar-refractivity contribution in [2.45, 2.75) is 0 Å². The molecule has 0 saturated heterocycles. The van der Waals surface area contributed by atoms with Gasteiger partial charge in [-0.25, -0.2) is 0 Å². The fourth-order valence-corrected chi connectivity index (χ4v) is 21.7. The van der Waals surface area contributed by atoms with E-state index in [1.807, 2.05) is 0 Å². The third kappa shape index (κ3) is 16.7. The van der Waals surface area contributed by atoms with Gasteiger partial charge < -0.3 is 28.4 Å². The first kappa shape index (κ1) is 87.6. The van der Waals surface area contributed by atoms with E-state index in [1.165, 1.54) is 209 Å². The van der Waals surface area contributed by atoms with Crippen molar-refractivity contribution >= 4 is 143 Å². The minimum atomic E-state index is 1.13. The summed E-state index contributed by atoms with van der Waals surface area (Å²) in [6, 6.07) is 200. The molecule has 0 bridgehead atoms. The predicted molar refractivity (Wildman–Crippen MR) is 619 cm³/mol.